The lowest BCUT2D eigenvalue weighted by molar-refractivity contribution is 0.262. The van der Waals surface area contributed by atoms with Crippen LogP contribution in [0, 0.1) is 19.7 Å². The number of aryl methyl sites for hydroxylation is 2. The molecule has 186 valence electrons. The molecule has 0 saturated heterocycles. The van der Waals surface area contributed by atoms with Crippen molar-refractivity contribution in [2.24, 2.45) is 0 Å². The van der Waals surface area contributed by atoms with Crippen LogP contribution in [0.15, 0.2) is 60.8 Å². The molecular formula is C27H29FN6O2. The summed E-state index contributed by atoms with van der Waals surface area (Å²) in [6.45, 7) is 10.1. The monoisotopic (exact) mass is 488 g/mol. The standard InChI is InChI=1S/C27H29FN6O2/c1-16-10-17(2)12-18(11-16)34-25(15-23(33-34)27(3,4)5)32-26(35)31-22-7-6-19(13-21(22)28)36-20-8-9-30-24(29)14-20/h6-15H,1-5H3,(H2,29,30)(H2,31,32,35). The fourth-order valence-electron chi connectivity index (χ4n) is 3.66. The van der Waals surface area contributed by atoms with E-state index in [1.165, 1.54) is 24.4 Å². The van der Waals surface area contributed by atoms with Gasteiger partial charge in [-0.05, 0) is 55.3 Å². The molecule has 0 fully saturated rings. The van der Waals surface area contributed by atoms with E-state index in [1.807, 2.05) is 52.8 Å². The Morgan fingerprint density at radius 3 is 2.31 bits per heavy atom. The molecular weight excluding hydrogens is 459 g/mol. The molecule has 2 heterocycles. The van der Waals surface area contributed by atoms with Crippen molar-refractivity contribution < 1.29 is 13.9 Å². The van der Waals surface area contributed by atoms with Crippen LogP contribution in [0.3, 0.4) is 0 Å². The Bertz CT molecular complexity index is 1400. The first-order chi connectivity index (χ1) is 17.0. The second-order valence-electron chi connectivity index (χ2n) is 9.66. The number of nitrogen functional groups attached to an aromatic ring is 1. The van der Waals surface area contributed by atoms with Gasteiger partial charge in [0.2, 0.25) is 0 Å². The van der Waals surface area contributed by atoms with E-state index in [2.05, 4.69) is 21.7 Å². The molecule has 9 heteroatoms. The molecule has 0 saturated carbocycles. The van der Waals surface area contributed by atoms with Crippen LogP contribution in [0.1, 0.15) is 37.6 Å². The van der Waals surface area contributed by atoms with Gasteiger partial charge in [0.1, 0.15) is 29.0 Å². The Labute approximate surface area is 209 Å². The van der Waals surface area contributed by atoms with Crippen LogP contribution in [-0.4, -0.2) is 20.8 Å². The predicted octanol–water partition coefficient (Wildman–Crippen LogP) is 6.34. The van der Waals surface area contributed by atoms with E-state index >= 15 is 0 Å². The molecule has 4 N–H and O–H groups in total. The zero-order chi connectivity index (χ0) is 26.0. The Kier molecular flexibility index (Phi) is 6.65. The fraction of sp³-hybridized carbons (Fsp3) is 0.222. The normalized spacial score (nSPS) is 11.3. The highest BCUT2D eigenvalue weighted by Crippen LogP contribution is 2.29. The van der Waals surface area contributed by atoms with Crippen LogP contribution in [0.25, 0.3) is 5.69 Å². The zero-order valence-corrected chi connectivity index (χ0v) is 20.9. The third-order valence-electron chi connectivity index (χ3n) is 5.35. The molecule has 0 bridgehead atoms. The Hall–Kier alpha value is -4.40. The lowest BCUT2D eigenvalue weighted by Gasteiger charge is -2.14. The summed E-state index contributed by atoms with van der Waals surface area (Å²) < 4.78 is 22.1. The van der Waals surface area contributed by atoms with E-state index in [0.29, 0.717) is 11.6 Å². The van der Waals surface area contributed by atoms with E-state index in [9.17, 15) is 9.18 Å². The maximum Gasteiger partial charge on any atom is 0.324 e. The van der Waals surface area contributed by atoms with Gasteiger partial charge in [0.15, 0.2) is 0 Å². The Morgan fingerprint density at radius 1 is 0.972 bits per heavy atom. The molecule has 0 unspecified atom stereocenters. The summed E-state index contributed by atoms with van der Waals surface area (Å²) in [7, 11) is 0. The number of nitrogens with zero attached hydrogens (tertiary/aromatic N) is 3. The maximum absolute atomic E-state index is 14.7. The van der Waals surface area contributed by atoms with Crippen molar-refractivity contribution in [3.8, 4) is 17.2 Å². The number of anilines is 3. The lowest BCUT2D eigenvalue weighted by Crippen LogP contribution is -2.22. The summed E-state index contributed by atoms with van der Waals surface area (Å²) in [6, 6.07) is 14.6. The lowest BCUT2D eigenvalue weighted by atomic mass is 9.92. The average Bonchev–Trinajstić information content (AvgIpc) is 3.19. The number of halogens is 1. The molecule has 4 aromatic rings. The van der Waals surface area contributed by atoms with Gasteiger partial charge in [0.25, 0.3) is 0 Å². The number of nitrogens with one attached hydrogen (secondary N) is 2. The summed E-state index contributed by atoms with van der Waals surface area (Å²) in [5, 5.41) is 10.1. The number of urea groups is 1. The quantitative estimate of drug-likeness (QED) is 0.304. The van der Waals surface area contributed by atoms with Crippen molar-refractivity contribution in [3.05, 3.63) is 83.4 Å². The van der Waals surface area contributed by atoms with Crippen LogP contribution in [0.2, 0.25) is 0 Å². The molecule has 0 aliphatic heterocycles. The summed E-state index contributed by atoms with van der Waals surface area (Å²) in [5.74, 6) is 0.792. The highest BCUT2D eigenvalue weighted by Gasteiger charge is 2.22. The molecule has 0 radical (unpaired) electrons. The van der Waals surface area contributed by atoms with Crippen molar-refractivity contribution in [1.82, 2.24) is 14.8 Å². The minimum absolute atomic E-state index is 0.00241. The maximum atomic E-state index is 14.7. The topological polar surface area (TPSA) is 107 Å². The summed E-state index contributed by atoms with van der Waals surface area (Å²) in [5.41, 5.74) is 9.19. The predicted molar refractivity (Wildman–Crippen MR) is 140 cm³/mol. The van der Waals surface area contributed by atoms with E-state index in [4.69, 9.17) is 15.6 Å². The third kappa shape index (κ3) is 5.80. The van der Waals surface area contributed by atoms with Crippen LogP contribution in [-0.2, 0) is 5.41 Å². The number of nitrogens with two attached hydrogens (primary N) is 1. The SMILES string of the molecule is Cc1cc(C)cc(-n2nc(C(C)(C)C)cc2NC(=O)Nc2ccc(Oc3ccnc(N)c3)cc2F)c1. The molecule has 0 spiro atoms. The highest BCUT2D eigenvalue weighted by molar-refractivity contribution is 5.99. The number of rotatable bonds is 5. The first-order valence-electron chi connectivity index (χ1n) is 11.4. The van der Waals surface area contributed by atoms with E-state index < -0.39 is 11.8 Å². The van der Waals surface area contributed by atoms with Crippen LogP contribution in [0.4, 0.5) is 26.5 Å². The number of carbonyl (C=O) groups is 1. The Balaban J connectivity index is 1.54. The molecule has 8 nitrogen and oxygen atoms in total. The number of ether oxygens (including phenoxy) is 1. The Morgan fingerprint density at radius 2 is 1.67 bits per heavy atom. The number of aromatic nitrogens is 3. The third-order valence-corrected chi connectivity index (χ3v) is 5.35. The minimum atomic E-state index is -0.650. The average molecular weight is 489 g/mol. The van der Waals surface area contributed by atoms with Gasteiger partial charge in [-0.25, -0.2) is 18.9 Å². The number of hydrogen-bond acceptors (Lipinski definition) is 5. The van der Waals surface area contributed by atoms with Crippen LogP contribution in [0.5, 0.6) is 11.5 Å². The minimum Gasteiger partial charge on any atom is -0.457 e. The van der Waals surface area contributed by atoms with E-state index in [-0.39, 0.29) is 22.7 Å². The first kappa shape index (κ1) is 24.7. The van der Waals surface area contributed by atoms with Crippen molar-refractivity contribution in [2.45, 2.75) is 40.0 Å². The van der Waals surface area contributed by atoms with Crippen molar-refractivity contribution in [1.29, 1.82) is 0 Å². The number of benzene rings is 2. The summed E-state index contributed by atoms with van der Waals surface area (Å²) in [4.78, 5) is 16.7. The fourth-order valence-corrected chi connectivity index (χ4v) is 3.66. The number of carbonyl (C=O) groups excluding carboxylic acids is 1. The second-order valence-corrected chi connectivity index (χ2v) is 9.66. The number of pyridine rings is 1. The van der Waals surface area contributed by atoms with Gasteiger partial charge in [-0.3, -0.25) is 5.32 Å². The van der Waals surface area contributed by atoms with Crippen molar-refractivity contribution >= 4 is 23.4 Å². The first-order valence-corrected chi connectivity index (χ1v) is 11.4. The van der Waals surface area contributed by atoms with Gasteiger partial charge in [0, 0.05) is 29.8 Å². The molecule has 2 amide bonds. The largest absolute Gasteiger partial charge is 0.457 e. The van der Waals surface area contributed by atoms with Gasteiger partial charge in [-0.2, -0.15) is 5.10 Å². The van der Waals surface area contributed by atoms with E-state index in [0.717, 1.165) is 22.5 Å². The summed E-state index contributed by atoms with van der Waals surface area (Å²) in [6.07, 6.45) is 1.50. The zero-order valence-electron chi connectivity index (χ0n) is 20.9. The van der Waals surface area contributed by atoms with Crippen molar-refractivity contribution in [2.75, 3.05) is 16.4 Å². The van der Waals surface area contributed by atoms with Crippen LogP contribution >= 0.6 is 0 Å². The van der Waals surface area contributed by atoms with Crippen LogP contribution < -0.4 is 21.1 Å². The number of amides is 2. The van der Waals surface area contributed by atoms with Crippen molar-refractivity contribution in [3.63, 3.8) is 0 Å². The van der Waals surface area contributed by atoms with Gasteiger partial charge >= 0.3 is 6.03 Å². The smallest absolute Gasteiger partial charge is 0.324 e. The van der Waals surface area contributed by atoms with Gasteiger partial charge in [-0.15, -0.1) is 0 Å². The molecule has 0 aliphatic carbocycles. The molecule has 0 atom stereocenters. The summed E-state index contributed by atoms with van der Waals surface area (Å²) >= 11 is 0. The number of hydrogen-bond donors (Lipinski definition) is 3. The molecule has 4 rings (SSSR count). The molecule has 2 aromatic heterocycles. The molecule has 2 aromatic carbocycles. The van der Waals surface area contributed by atoms with Gasteiger partial charge < -0.3 is 15.8 Å². The molecule has 36 heavy (non-hydrogen) atoms. The highest BCUT2D eigenvalue weighted by atomic mass is 19.1. The molecule has 0 aliphatic rings. The van der Waals surface area contributed by atoms with Gasteiger partial charge in [-0.1, -0.05) is 26.8 Å². The second kappa shape index (κ2) is 9.69. The van der Waals surface area contributed by atoms with Gasteiger partial charge in [0.05, 0.1) is 17.1 Å². The van der Waals surface area contributed by atoms with E-state index in [1.54, 1.807) is 16.8 Å².